The van der Waals surface area contributed by atoms with Gasteiger partial charge in [-0.05, 0) is 11.5 Å². The zero-order chi connectivity index (χ0) is 15.5. The summed E-state index contributed by atoms with van der Waals surface area (Å²) in [5.41, 5.74) is 1.07. The zero-order valence-corrected chi connectivity index (χ0v) is 14.4. The molecule has 7 heteroatoms. The molecule has 0 spiro atoms. The first-order chi connectivity index (χ1) is 10.6. The zero-order valence-electron chi connectivity index (χ0n) is 12.7. The molecule has 0 unspecified atom stereocenters. The topological polar surface area (TPSA) is 56.5 Å². The highest BCUT2D eigenvalue weighted by Gasteiger charge is 2.13. The van der Waals surface area contributed by atoms with Crippen molar-refractivity contribution in [2.75, 3.05) is 0 Å². The molecule has 0 amide bonds. The van der Waals surface area contributed by atoms with Crippen molar-refractivity contribution in [3.63, 3.8) is 0 Å². The van der Waals surface area contributed by atoms with Crippen molar-refractivity contribution in [3.05, 3.63) is 41.2 Å². The second-order valence-electron chi connectivity index (χ2n) is 5.22. The van der Waals surface area contributed by atoms with E-state index in [2.05, 4.69) is 33.4 Å². The molecule has 0 aliphatic heterocycles. The van der Waals surface area contributed by atoms with E-state index in [1.807, 2.05) is 41.9 Å². The van der Waals surface area contributed by atoms with Gasteiger partial charge < -0.3 is 4.57 Å². The van der Waals surface area contributed by atoms with Crippen LogP contribution in [0.15, 0.2) is 35.5 Å². The molecule has 0 atom stereocenters. The van der Waals surface area contributed by atoms with Gasteiger partial charge in [-0.15, -0.1) is 10.2 Å². The third-order valence-electron chi connectivity index (χ3n) is 3.19. The van der Waals surface area contributed by atoms with Crippen LogP contribution in [0.25, 0.3) is 11.4 Å². The fourth-order valence-corrected chi connectivity index (χ4v) is 3.63. The van der Waals surface area contributed by atoms with Gasteiger partial charge in [0, 0.05) is 18.5 Å². The molecule has 0 saturated heterocycles. The minimum Gasteiger partial charge on any atom is -0.305 e. The van der Waals surface area contributed by atoms with Crippen molar-refractivity contribution in [1.82, 2.24) is 24.1 Å². The molecule has 0 fully saturated rings. The molecule has 0 N–H and O–H groups in total. The Morgan fingerprint density at radius 3 is 2.64 bits per heavy atom. The van der Waals surface area contributed by atoms with E-state index in [-0.39, 0.29) is 0 Å². The molecule has 3 aromatic rings. The molecule has 5 nitrogen and oxygen atoms in total. The average molecular weight is 331 g/mol. The fourth-order valence-electron chi connectivity index (χ4n) is 1.97. The van der Waals surface area contributed by atoms with Crippen LogP contribution >= 0.6 is 23.3 Å². The molecule has 0 aliphatic carbocycles. The summed E-state index contributed by atoms with van der Waals surface area (Å²) in [5, 5.41) is 10.5. The summed E-state index contributed by atoms with van der Waals surface area (Å²) >= 11 is 3.10. The highest BCUT2D eigenvalue weighted by atomic mass is 32.2. The van der Waals surface area contributed by atoms with Gasteiger partial charge in [-0.1, -0.05) is 55.9 Å². The number of thioether (sulfide) groups is 1. The summed E-state index contributed by atoms with van der Waals surface area (Å²) in [5.74, 6) is 2.94. The lowest BCUT2D eigenvalue weighted by atomic mass is 10.2. The number of rotatable bonds is 5. The third kappa shape index (κ3) is 3.20. The van der Waals surface area contributed by atoms with Gasteiger partial charge in [0.15, 0.2) is 11.0 Å². The van der Waals surface area contributed by atoms with E-state index >= 15 is 0 Å². The summed E-state index contributed by atoms with van der Waals surface area (Å²) in [6, 6.07) is 10.1. The lowest BCUT2D eigenvalue weighted by Crippen LogP contribution is -1.95. The second kappa shape index (κ2) is 6.58. The number of aromatic nitrogens is 5. The predicted octanol–water partition coefficient (Wildman–Crippen LogP) is 3.75. The Labute approximate surface area is 138 Å². The lowest BCUT2D eigenvalue weighted by molar-refractivity contribution is 0.789. The lowest BCUT2D eigenvalue weighted by Gasteiger charge is -2.02. The molecule has 0 bridgehead atoms. The van der Waals surface area contributed by atoms with Crippen LogP contribution in [-0.2, 0) is 12.8 Å². The summed E-state index contributed by atoms with van der Waals surface area (Å²) in [7, 11) is 1.99. The minimum absolute atomic E-state index is 0.370. The molecule has 0 saturated carbocycles. The number of hydrogen-bond donors (Lipinski definition) is 0. The number of hydrogen-bond acceptors (Lipinski definition) is 6. The van der Waals surface area contributed by atoms with Gasteiger partial charge in [0.25, 0.3) is 0 Å². The van der Waals surface area contributed by atoms with Gasteiger partial charge in [-0.25, -0.2) is 4.98 Å². The summed E-state index contributed by atoms with van der Waals surface area (Å²) < 4.78 is 6.40. The predicted molar refractivity (Wildman–Crippen MR) is 90.0 cm³/mol. The maximum Gasteiger partial charge on any atom is 0.191 e. The average Bonchev–Trinajstić information content (AvgIpc) is 3.13. The first-order valence-corrected chi connectivity index (χ1v) is 8.81. The van der Waals surface area contributed by atoms with Gasteiger partial charge in [-0.3, -0.25) is 0 Å². The summed E-state index contributed by atoms with van der Waals surface area (Å²) in [6.45, 7) is 4.21. The smallest absolute Gasteiger partial charge is 0.191 e. The highest BCUT2D eigenvalue weighted by molar-refractivity contribution is 7.98. The Morgan fingerprint density at radius 1 is 1.18 bits per heavy atom. The van der Waals surface area contributed by atoms with Crippen molar-refractivity contribution < 1.29 is 0 Å². The Kier molecular flexibility index (Phi) is 4.54. The maximum absolute atomic E-state index is 4.55. The summed E-state index contributed by atoms with van der Waals surface area (Å²) in [4.78, 5) is 4.55. The first-order valence-electron chi connectivity index (χ1n) is 7.05. The van der Waals surface area contributed by atoms with E-state index in [0.29, 0.717) is 5.92 Å². The second-order valence-corrected chi connectivity index (χ2v) is 7.00. The van der Waals surface area contributed by atoms with Crippen molar-refractivity contribution >= 4 is 23.3 Å². The van der Waals surface area contributed by atoms with E-state index < -0.39 is 0 Å². The van der Waals surface area contributed by atoms with Crippen LogP contribution in [-0.4, -0.2) is 24.1 Å². The SMILES string of the molecule is CC(C)c1nsc(CSc2nnc(-c3ccccc3)n2C)n1. The molecule has 2 aromatic heterocycles. The molecule has 1 aromatic carbocycles. The van der Waals surface area contributed by atoms with Crippen LogP contribution in [0.4, 0.5) is 0 Å². The van der Waals surface area contributed by atoms with Gasteiger partial charge >= 0.3 is 0 Å². The van der Waals surface area contributed by atoms with Crippen LogP contribution in [0, 0.1) is 0 Å². The van der Waals surface area contributed by atoms with Crippen molar-refractivity contribution in [2.45, 2.75) is 30.7 Å². The number of nitrogens with zero attached hydrogens (tertiary/aromatic N) is 5. The van der Waals surface area contributed by atoms with Crippen molar-refractivity contribution in [1.29, 1.82) is 0 Å². The third-order valence-corrected chi connectivity index (χ3v) is 5.13. The van der Waals surface area contributed by atoms with Crippen molar-refractivity contribution in [3.8, 4) is 11.4 Å². The Morgan fingerprint density at radius 2 is 1.95 bits per heavy atom. The van der Waals surface area contributed by atoms with Crippen LogP contribution in [0.5, 0.6) is 0 Å². The van der Waals surface area contributed by atoms with Gasteiger partial charge in [-0.2, -0.15) is 4.37 Å². The summed E-state index contributed by atoms with van der Waals surface area (Å²) in [6.07, 6.45) is 0. The first kappa shape index (κ1) is 15.2. The molecule has 3 rings (SSSR count). The quantitative estimate of drug-likeness (QED) is 0.666. The van der Waals surface area contributed by atoms with Crippen LogP contribution < -0.4 is 0 Å². The largest absolute Gasteiger partial charge is 0.305 e. The van der Waals surface area contributed by atoms with Gasteiger partial charge in [0.2, 0.25) is 0 Å². The molecule has 22 heavy (non-hydrogen) atoms. The van der Waals surface area contributed by atoms with Gasteiger partial charge in [0.1, 0.15) is 10.8 Å². The fraction of sp³-hybridized carbons (Fsp3) is 0.333. The van der Waals surface area contributed by atoms with Crippen LogP contribution in [0.1, 0.15) is 30.6 Å². The van der Waals surface area contributed by atoms with E-state index in [4.69, 9.17) is 0 Å². The Bertz CT molecular complexity index is 748. The van der Waals surface area contributed by atoms with E-state index in [9.17, 15) is 0 Å². The normalized spacial score (nSPS) is 11.3. The highest BCUT2D eigenvalue weighted by Crippen LogP contribution is 2.26. The molecular weight excluding hydrogens is 314 g/mol. The number of benzene rings is 1. The molecule has 114 valence electrons. The van der Waals surface area contributed by atoms with E-state index in [0.717, 1.165) is 33.1 Å². The standard InChI is InChI=1S/C15H17N5S2/c1-10(2)13-16-12(22-19-13)9-21-15-18-17-14(20(15)3)11-7-5-4-6-8-11/h4-8,10H,9H2,1-3H3. The maximum atomic E-state index is 4.55. The van der Waals surface area contributed by atoms with Crippen molar-refractivity contribution in [2.24, 2.45) is 7.05 Å². The molecule has 0 aliphatic rings. The molecule has 0 radical (unpaired) electrons. The van der Waals surface area contributed by atoms with E-state index in [1.54, 1.807) is 11.8 Å². The Hall–Kier alpha value is -1.73. The van der Waals surface area contributed by atoms with Crippen LogP contribution in [0.2, 0.25) is 0 Å². The molecular formula is C15H17N5S2. The molecule has 2 heterocycles. The van der Waals surface area contributed by atoms with Crippen LogP contribution in [0.3, 0.4) is 0 Å². The van der Waals surface area contributed by atoms with Gasteiger partial charge in [0.05, 0.1) is 5.75 Å². The van der Waals surface area contributed by atoms with E-state index in [1.165, 1.54) is 11.5 Å². The Balaban J connectivity index is 1.72. The minimum atomic E-state index is 0.370. The monoisotopic (exact) mass is 331 g/mol.